The lowest BCUT2D eigenvalue weighted by Crippen LogP contribution is -2.44. The van der Waals surface area contributed by atoms with Gasteiger partial charge in [-0.25, -0.2) is 4.79 Å². The van der Waals surface area contributed by atoms with Gasteiger partial charge in [-0.05, 0) is 25.7 Å². The molecule has 6 heteroatoms. The van der Waals surface area contributed by atoms with Gasteiger partial charge in [-0.1, -0.05) is 6.92 Å². The highest BCUT2D eigenvalue weighted by Crippen LogP contribution is 2.29. The smallest absolute Gasteiger partial charge is 0.315 e. The van der Waals surface area contributed by atoms with E-state index in [0.717, 1.165) is 25.6 Å². The second kappa shape index (κ2) is 6.23. The van der Waals surface area contributed by atoms with E-state index in [9.17, 15) is 9.59 Å². The van der Waals surface area contributed by atoms with Crippen LogP contribution < -0.4 is 10.6 Å². The Morgan fingerprint density at radius 1 is 1.37 bits per heavy atom. The molecule has 2 amide bonds. The van der Waals surface area contributed by atoms with Gasteiger partial charge in [-0.3, -0.25) is 9.69 Å². The summed E-state index contributed by atoms with van der Waals surface area (Å²) in [7, 11) is 0. The third kappa shape index (κ3) is 4.38. The number of hydrogen-bond donors (Lipinski definition) is 3. The molecule has 1 saturated carbocycles. The van der Waals surface area contributed by atoms with Crippen molar-refractivity contribution >= 4 is 12.0 Å². The molecule has 1 aliphatic heterocycles. The van der Waals surface area contributed by atoms with Crippen LogP contribution in [0.4, 0.5) is 4.79 Å². The molecule has 1 saturated heterocycles. The Labute approximate surface area is 113 Å². The van der Waals surface area contributed by atoms with E-state index in [0.29, 0.717) is 13.0 Å². The van der Waals surface area contributed by atoms with E-state index in [1.807, 2.05) is 0 Å². The Bertz CT molecular complexity index is 344. The van der Waals surface area contributed by atoms with Crippen LogP contribution in [0.5, 0.6) is 0 Å². The molecule has 1 aliphatic carbocycles. The molecule has 2 rings (SSSR count). The van der Waals surface area contributed by atoms with Crippen LogP contribution in [0.15, 0.2) is 0 Å². The molecule has 0 radical (unpaired) electrons. The molecule has 19 heavy (non-hydrogen) atoms. The molecular formula is C13H23N3O3. The number of likely N-dealkylation sites (tertiary alicyclic amines) is 1. The normalized spacial score (nSPS) is 25.0. The van der Waals surface area contributed by atoms with E-state index in [4.69, 9.17) is 5.11 Å². The summed E-state index contributed by atoms with van der Waals surface area (Å²) in [6.45, 7) is 4.07. The summed E-state index contributed by atoms with van der Waals surface area (Å²) in [6.07, 6.45) is 4.06. The van der Waals surface area contributed by atoms with Gasteiger partial charge in [0.2, 0.25) is 0 Å². The second-order valence-electron chi connectivity index (χ2n) is 5.64. The van der Waals surface area contributed by atoms with Crippen molar-refractivity contribution in [2.75, 3.05) is 19.6 Å². The van der Waals surface area contributed by atoms with Crippen molar-refractivity contribution in [2.24, 2.45) is 5.92 Å². The Hall–Kier alpha value is -1.30. The average Bonchev–Trinajstić information content (AvgIpc) is 3.10. The van der Waals surface area contributed by atoms with Gasteiger partial charge in [-0.15, -0.1) is 0 Å². The highest BCUT2D eigenvalue weighted by atomic mass is 16.4. The summed E-state index contributed by atoms with van der Waals surface area (Å²) in [4.78, 5) is 24.7. The fraction of sp³-hybridized carbons (Fsp3) is 0.846. The van der Waals surface area contributed by atoms with E-state index in [1.165, 1.54) is 12.8 Å². The summed E-state index contributed by atoms with van der Waals surface area (Å²) in [5.74, 6) is -1.24. The first-order valence-electron chi connectivity index (χ1n) is 7.07. The topological polar surface area (TPSA) is 81.7 Å². The van der Waals surface area contributed by atoms with Crippen LogP contribution in [0.2, 0.25) is 0 Å². The molecule has 2 atom stereocenters. The molecule has 2 unspecified atom stereocenters. The van der Waals surface area contributed by atoms with E-state index in [1.54, 1.807) is 6.92 Å². The number of urea groups is 1. The zero-order valence-corrected chi connectivity index (χ0v) is 11.4. The highest BCUT2D eigenvalue weighted by molar-refractivity contribution is 5.74. The molecule has 0 aromatic heterocycles. The summed E-state index contributed by atoms with van der Waals surface area (Å²) in [5, 5.41) is 14.4. The van der Waals surface area contributed by atoms with Gasteiger partial charge in [0.05, 0.1) is 5.92 Å². The quantitative estimate of drug-likeness (QED) is 0.660. The zero-order chi connectivity index (χ0) is 13.8. The minimum absolute atomic E-state index is 0.180. The van der Waals surface area contributed by atoms with Gasteiger partial charge >= 0.3 is 12.0 Å². The number of aliphatic carboxylic acids is 1. The molecule has 0 bridgehead atoms. The lowest BCUT2D eigenvalue weighted by atomic mass is 10.1. The Kier molecular flexibility index (Phi) is 4.63. The maximum atomic E-state index is 11.7. The molecule has 0 spiro atoms. The highest BCUT2D eigenvalue weighted by Gasteiger charge is 2.34. The predicted molar refractivity (Wildman–Crippen MR) is 71.0 cm³/mol. The molecular weight excluding hydrogens is 246 g/mol. The van der Waals surface area contributed by atoms with Crippen LogP contribution in [0.1, 0.15) is 32.6 Å². The van der Waals surface area contributed by atoms with Crippen molar-refractivity contribution in [2.45, 2.75) is 44.7 Å². The predicted octanol–water partition coefficient (Wildman–Crippen LogP) is 0.633. The number of nitrogens with one attached hydrogen (secondary N) is 2. The Balaban J connectivity index is 1.58. The average molecular weight is 269 g/mol. The van der Waals surface area contributed by atoms with Gasteiger partial charge < -0.3 is 15.7 Å². The van der Waals surface area contributed by atoms with Crippen LogP contribution in [-0.2, 0) is 4.79 Å². The summed E-state index contributed by atoms with van der Waals surface area (Å²) in [5.41, 5.74) is 0. The van der Waals surface area contributed by atoms with Crippen LogP contribution in [-0.4, -0.2) is 53.7 Å². The minimum atomic E-state index is -0.821. The summed E-state index contributed by atoms with van der Waals surface area (Å²) < 4.78 is 0. The largest absolute Gasteiger partial charge is 0.481 e. The molecule has 3 N–H and O–H groups in total. The lowest BCUT2D eigenvalue weighted by molar-refractivity contribution is -0.141. The Morgan fingerprint density at radius 2 is 2.11 bits per heavy atom. The molecule has 108 valence electrons. The van der Waals surface area contributed by atoms with Crippen molar-refractivity contribution in [3.63, 3.8) is 0 Å². The van der Waals surface area contributed by atoms with E-state index in [2.05, 4.69) is 15.5 Å². The molecule has 2 aliphatic rings. The number of rotatable bonds is 6. The number of amides is 2. The van der Waals surface area contributed by atoms with Gasteiger partial charge in [-0.2, -0.15) is 0 Å². The molecule has 2 fully saturated rings. The second-order valence-corrected chi connectivity index (χ2v) is 5.64. The zero-order valence-electron chi connectivity index (χ0n) is 11.4. The van der Waals surface area contributed by atoms with Crippen LogP contribution in [0.25, 0.3) is 0 Å². The SMILES string of the molecule is CC(CCNC(=O)NC1CCN(C2CC2)C1)C(=O)O. The number of carboxylic acids is 1. The fourth-order valence-electron chi connectivity index (χ4n) is 2.44. The number of carbonyl (C=O) groups is 2. The molecule has 0 aromatic rings. The lowest BCUT2D eigenvalue weighted by Gasteiger charge is -2.16. The first-order chi connectivity index (χ1) is 9.06. The van der Waals surface area contributed by atoms with Gasteiger partial charge in [0.1, 0.15) is 0 Å². The third-order valence-corrected chi connectivity index (χ3v) is 3.90. The van der Waals surface area contributed by atoms with E-state index in [-0.39, 0.29) is 12.1 Å². The van der Waals surface area contributed by atoms with Crippen molar-refractivity contribution in [1.29, 1.82) is 0 Å². The van der Waals surface area contributed by atoms with Gasteiger partial charge in [0, 0.05) is 31.7 Å². The standard InChI is InChI=1S/C13H23N3O3/c1-9(12(17)18)4-6-14-13(19)15-10-5-7-16(8-10)11-2-3-11/h9-11H,2-8H2,1H3,(H,17,18)(H2,14,15,19). The number of carboxylic acid groups (broad SMARTS) is 1. The van der Waals surface area contributed by atoms with Crippen molar-refractivity contribution in [3.05, 3.63) is 0 Å². The molecule has 0 aromatic carbocycles. The van der Waals surface area contributed by atoms with E-state index < -0.39 is 11.9 Å². The Morgan fingerprint density at radius 3 is 2.74 bits per heavy atom. The fourth-order valence-corrected chi connectivity index (χ4v) is 2.44. The maximum absolute atomic E-state index is 11.7. The number of hydrogen-bond acceptors (Lipinski definition) is 3. The van der Waals surface area contributed by atoms with Crippen LogP contribution in [0.3, 0.4) is 0 Å². The minimum Gasteiger partial charge on any atom is -0.481 e. The van der Waals surface area contributed by atoms with Gasteiger partial charge in [0.25, 0.3) is 0 Å². The van der Waals surface area contributed by atoms with Crippen LogP contribution in [0, 0.1) is 5.92 Å². The molecule has 1 heterocycles. The van der Waals surface area contributed by atoms with Crippen molar-refractivity contribution < 1.29 is 14.7 Å². The third-order valence-electron chi connectivity index (χ3n) is 3.90. The van der Waals surface area contributed by atoms with Crippen LogP contribution >= 0.6 is 0 Å². The van der Waals surface area contributed by atoms with Crippen molar-refractivity contribution in [1.82, 2.24) is 15.5 Å². The first kappa shape index (κ1) is 14.1. The maximum Gasteiger partial charge on any atom is 0.315 e. The monoisotopic (exact) mass is 269 g/mol. The van der Waals surface area contributed by atoms with Crippen molar-refractivity contribution in [3.8, 4) is 0 Å². The summed E-state index contributed by atoms with van der Waals surface area (Å²) >= 11 is 0. The molecule has 6 nitrogen and oxygen atoms in total. The first-order valence-corrected chi connectivity index (χ1v) is 7.07. The van der Waals surface area contributed by atoms with E-state index >= 15 is 0 Å². The van der Waals surface area contributed by atoms with Gasteiger partial charge in [0.15, 0.2) is 0 Å². The summed E-state index contributed by atoms with van der Waals surface area (Å²) in [6, 6.07) is 0.809. The number of nitrogens with zero attached hydrogens (tertiary/aromatic N) is 1. The number of carbonyl (C=O) groups excluding carboxylic acids is 1.